The summed E-state index contributed by atoms with van der Waals surface area (Å²) in [4.78, 5) is 8.46. The van der Waals surface area contributed by atoms with Crippen molar-refractivity contribution < 1.29 is 9.50 Å². The molecule has 3 heterocycles. The summed E-state index contributed by atoms with van der Waals surface area (Å²) in [5.41, 5.74) is 1.34. The lowest BCUT2D eigenvalue weighted by atomic mass is 10.0. The smallest absolute Gasteiger partial charge is 0.207 e. The summed E-state index contributed by atoms with van der Waals surface area (Å²) in [6.07, 6.45) is 0.146. The van der Waals surface area contributed by atoms with Gasteiger partial charge in [0.25, 0.3) is 0 Å². The maximum atomic E-state index is 14.2. The van der Waals surface area contributed by atoms with Gasteiger partial charge in [0, 0.05) is 5.56 Å². The van der Waals surface area contributed by atoms with Crippen molar-refractivity contribution in [3.8, 4) is 5.69 Å². The van der Waals surface area contributed by atoms with Crippen molar-refractivity contribution in [1.29, 1.82) is 0 Å². The number of aromatic nitrogens is 4. The number of rotatable bonds is 1. The average Bonchev–Trinajstić information content (AvgIpc) is 2.99. The molecule has 4 rings (SSSR count). The highest BCUT2D eigenvalue weighted by molar-refractivity contribution is 6.30. The molecule has 0 fully saturated rings. The molecule has 1 aliphatic rings. The lowest BCUT2D eigenvalue weighted by Crippen LogP contribution is -2.11. The number of hydrogen-bond acceptors (Lipinski definition) is 5. The number of aliphatic imine (C=N–C) groups is 1. The fourth-order valence-corrected chi connectivity index (χ4v) is 2.64. The topological polar surface area (TPSA) is 76.2 Å². The quantitative estimate of drug-likeness (QED) is 0.695. The van der Waals surface area contributed by atoms with Crippen molar-refractivity contribution in [2.24, 2.45) is 4.99 Å². The molecule has 1 aromatic carbocycles. The Kier molecular flexibility index (Phi) is 3.17. The number of hydrogen-bond donors (Lipinski definition) is 1. The van der Waals surface area contributed by atoms with Crippen LogP contribution in [0.4, 0.5) is 4.39 Å². The summed E-state index contributed by atoms with van der Waals surface area (Å²) in [7, 11) is 0. The highest BCUT2D eigenvalue weighted by atomic mass is 35.5. The highest BCUT2D eigenvalue weighted by Crippen LogP contribution is 2.28. The molecule has 6 nitrogen and oxygen atoms in total. The van der Waals surface area contributed by atoms with E-state index in [1.807, 2.05) is 0 Å². The molecular weight excluding hydrogens is 321 g/mol. The molecule has 3 aromatic rings. The van der Waals surface area contributed by atoms with Crippen molar-refractivity contribution in [3.63, 3.8) is 0 Å². The van der Waals surface area contributed by atoms with Gasteiger partial charge in [0.15, 0.2) is 5.82 Å². The van der Waals surface area contributed by atoms with E-state index >= 15 is 0 Å². The molecule has 23 heavy (non-hydrogen) atoms. The first-order valence-electron chi connectivity index (χ1n) is 6.73. The van der Waals surface area contributed by atoms with Gasteiger partial charge in [-0.1, -0.05) is 23.7 Å². The Morgan fingerprint density at radius 1 is 1.17 bits per heavy atom. The van der Waals surface area contributed by atoms with Crippen molar-refractivity contribution in [2.45, 2.75) is 6.23 Å². The van der Waals surface area contributed by atoms with Gasteiger partial charge in [-0.3, -0.25) is 4.57 Å². The van der Waals surface area contributed by atoms with Gasteiger partial charge in [-0.05, 0) is 24.3 Å². The van der Waals surface area contributed by atoms with Gasteiger partial charge in [-0.2, -0.15) is 0 Å². The predicted molar refractivity (Wildman–Crippen MR) is 81.2 cm³/mol. The third-order valence-corrected chi connectivity index (χ3v) is 3.72. The van der Waals surface area contributed by atoms with Crippen molar-refractivity contribution in [2.75, 3.05) is 0 Å². The van der Waals surface area contributed by atoms with Gasteiger partial charge in [-0.25, -0.2) is 14.4 Å². The number of benzene rings is 1. The molecule has 1 atom stereocenters. The number of aliphatic hydroxyl groups excluding tert-OH is 1. The predicted octanol–water partition coefficient (Wildman–Crippen LogP) is 2.30. The van der Waals surface area contributed by atoms with Crippen LogP contribution in [-0.4, -0.2) is 30.6 Å². The first kappa shape index (κ1) is 14.0. The monoisotopic (exact) mass is 329 g/mol. The Labute approximate surface area is 134 Å². The van der Waals surface area contributed by atoms with Crippen molar-refractivity contribution in [1.82, 2.24) is 19.7 Å². The fourth-order valence-electron chi connectivity index (χ4n) is 2.49. The Balaban J connectivity index is 2.05. The fraction of sp³-hybridized carbons (Fsp3) is 0.0667. The van der Waals surface area contributed by atoms with Crippen LogP contribution in [0.5, 0.6) is 0 Å². The van der Waals surface area contributed by atoms with E-state index in [0.717, 1.165) is 0 Å². The molecule has 0 bridgehead atoms. The Morgan fingerprint density at radius 3 is 2.83 bits per heavy atom. The van der Waals surface area contributed by atoms with E-state index in [9.17, 15) is 9.50 Å². The van der Waals surface area contributed by atoms with Crippen LogP contribution in [0.3, 0.4) is 0 Å². The molecule has 8 heteroatoms. The molecule has 0 radical (unpaired) electrons. The number of halogens is 2. The number of nitrogens with zero attached hydrogens (tertiary/aromatic N) is 5. The molecule has 0 saturated carbocycles. The van der Waals surface area contributed by atoms with E-state index in [1.165, 1.54) is 12.4 Å². The second kappa shape index (κ2) is 5.22. The molecule has 1 N–H and O–H groups in total. The molecule has 0 amide bonds. The number of aliphatic hydroxyl groups is 1. The van der Waals surface area contributed by atoms with Gasteiger partial charge >= 0.3 is 0 Å². The molecule has 0 aliphatic carbocycles. The lowest BCUT2D eigenvalue weighted by Gasteiger charge is -2.10. The van der Waals surface area contributed by atoms with E-state index in [4.69, 9.17) is 11.6 Å². The molecule has 114 valence electrons. The standard InChI is InChI=1S/C15H9ClFN5O/c16-11-6-5-10-13(19-11)12(8-3-1-2-4-9(8)17)20-15(23)14-21-18-7-22(10)14/h1-7,15,23H. The Morgan fingerprint density at radius 2 is 2.00 bits per heavy atom. The van der Waals surface area contributed by atoms with Crippen LogP contribution in [0, 0.1) is 5.82 Å². The van der Waals surface area contributed by atoms with E-state index in [2.05, 4.69) is 20.2 Å². The first-order chi connectivity index (χ1) is 11.1. The van der Waals surface area contributed by atoms with Gasteiger partial charge in [-0.15, -0.1) is 10.2 Å². The summed E-state index contributed by atoms with van der Waals surface area (Å²) in [5.74, 6) is -0.245. The van der Waals surface area contributed by atoms with Gasteiger partial charge < -0.3 is 5.11 Å². The Bertz CT molecular complexity index is 939. The van der Waals surface area contributed by atoms with Crippen LogP contribution >= 0.6 is 11.6 Å². The molecule has 1 unspecified atom stereocenters. The van der Waals surface area contributed by atoms with Crippen LogP contribution in [0.1, 0.15) is 23.3 Å². The third kappa shape index (κ3) is 2.21. The molecular formula is C15H9ClFN5O. The molecule has 0 spiro atoms. The van der Waals surface area contributed by atoms with Crippen LogP contribution in [-0.2, 0) is 0 Å². The van der Waals surface area contributed by atoms with E-state index in [1.54, 1.807) is 34.9 Å². The minimum absolute atomic E-state index is 0.207. The summed E-state index contributed by atoms with van der Waals surface area (Å²) in [6.45, 7) is 0. The summed E-state index contributed by atoms with van der Waals surface area (Å²) in [6, 6.07) is 9.45. The van der Waals surface area contributed by atoms with Gasteiger partial charge in [0.1, 0.15) is 23.0 Å². The zero-order valence-corrected chi connectivity index (χ0v) is 12.3. The normalized spacial score (nSPS) is 16.3. The van der Waals surface area contributed by atoms with Crippen LogP contribution < -0.4 is 0 Å². The van der Waals surface area contributed by atoms with E-state index in [0.29, 0.717) is 11.4 Å². The lowest BCUT2D eigenvalue weighted by molar-refractivity contribution is 0.177. The van der Waals surface area contributed by atoms with Crippen LogP contribution in [0.2, 0.25) is 5.15 Å². The van der Waals surface area contributed by atoms with Crippen LogP contribution in [0.15, 0.2) is 47.7 Å². The second-order valence-electron chi connectivity index (χ2n) is 4.89. The largest absolute Gasteiger partial charge is 0.365 e. The van der Waals surface area contributed by atoms with Crippen molar-refractivity contribution in [3.05, 3.63) is 70.8 Å². The Hall–Kier alpha value is -2.64. The summed E-state index contributed by atoms with van der Waals surface area (Å²) in [5, 5.41) is 18.2. The third-order valence-electron chi connectivity index (χ3n) is 3.51. The maximum absolute atomic E-state index is 14.2. The van der Waals surface area contributed by atoms with Crippen LogP contribution in [0.25, 0.3) is 5.69 Å². The van der Waals surface area contributed by atoms with Crippen molar-refractivity contribution >= 4 is 17.3 Å². The molecule has 1 aliphatic heterocycles. The van der Waals surface area contributed by atoms with E-state index in [-0.39, 0.29) is 22.3 Å². The SMILES string of the molecule is OC1N=C(c2ccccc2F)c2nc(Cl)ccc2-n2cnnc21. The summed E-state index contributed by atoms with van der Waals surface area (Å²) < 4.78 is 15.8. The van der Waals surface area contributed by atoms with Gasteiger partial charge in [0.2, 0.25) is 6.23 Å². The minimum Gasteiger partial charge on any atom is -0.365 e. The molecule has 0 saturated heterocycles. The van der Waals surface area contributed by atoms with Gasteiger partial charge in [0.05, 0.1) is 11.4 Å². The maximum Gasteiger partial charge on any atom is 0.207 e. The molecule has 2 aromatic heterocycles. The first-order valence-corrected chi connectivity index (χ1v) is 7.11. The zero-order valence-electron chi connectivity index (χ0n) is 11.6. The average molecular weight is 330 g/mol. The minimum atomic E-state index is -1.29. The number of pyridine rings is 1. The zero-order chi connectivity index (χ0) is 16.0. The summed E-state index contributed by atoms with van der Waals surface area (Å²) >= 11 is 6.00. The number of fused-ring (bicyclic) bond motifs is 3. The van der Waals surface area contributed by atoms with E-state index < -0.39 is 12.0 Å². The second-order valence-corrected chi connectivity index (χ2v) is 5.28. The highest BCUT2D eigenvalue weighted by Gasteiger charge is 2.27.